The van der Waals surface area contributed by atoms with Crippen molar-refractivity contribution in [3.63, 3.8) is 0 Å². The maximum atomic E-state index is 11.4. The van der Waals surface area contributed by atoms with Crippen molar-refractivity contribution in [2.75, 3.05) is 19.0 Å². The van der Waals surface area contributed by atoms with Crippen molar-refractivity contribution in [1.29, 1.82) is 0 Å². The first-order valence-corrected chi connectivity index (χ1v) is 11.4. The van der Waals surface area contributed by atoms with Crippen LogP contribution in [0.15, 0.2) is 12.7 Å². The van der Waals surface area contributed by atoms with Crippen LogP contribution in [0.3, 0.4) is 0 Å². The Balaban J connectivity index is 1.67. The topological polar surface area (TPSA) is 189 Å². The SMILES string of the molecule is CNc1ncnc2c1ncn2[C@H]1C[C@H](OP(=O)(O)O)[C@@]2(COP(=O)(O)O)CC12. The molecule has 0 bridgehead atoms. The Hall–Kier alpha value is -1.43. The molecule has 2 fully saturated rings. The maximum absolute atomic E-state index is 11.4. The Morgan fingerprint density at radius 1 is 1.25 bits per heavy atom. The molecule has 2 aliphatic carbocycles. The highest BCUT2D eigenvalue weighted by Gasteiger charge is 2.70. The Bertz CT molecular complexity index is 1000. The maximum Gasteiger partial charge on any atom is 0.469 e. The summed E-state index contributed by atoms with van der Waals surface area (Å²) < 4.78 is 34.0. The molecule has 1 unspecified atom stereocenters. The largest absolute Gasteiger partial charge is 0.469 e. The van der Waals surface area contributed by atoms with Crippen molar-refractivity contribution in [2.24, 2.45) is 11.3 Å². The molecule has 15 heteroatoms. The summed E-state index contributed by atoms with van der Waals surface area (Å²) in [6, 6.07) is -0.276. The monoisotopic (exact) mass is 435 g/mol. The molecule has 2 saturated carbocycles. The number of nitrogens with zero attached hydrogens (tertiary/aromatic N) is 4. The number of nitrogens with one attached hydrogen (secondary N) is 1. The van der Waals surface area contributed by atoms with Gasteiger partial charge in [0.25, 0.3) is 0 Å². The highest BCUT2D eigenvalue weighted by Crippen LogP contribution is 2.71. The van der Waals surface area contributed by atoms with E-state index in [0.29, 0.717) is 23.4 Å². The number of imidazole rings is 1. The van der Waals surface area contributed by atoms with E-state index < -0.39 is 27.2 Å². The van der Waals surface area contributed by atoms with Gasteiger partial charge in [-0.3, -0.25) is 9.05 Å². The van der Waals surface area contributed by atoms with Crippen molar-refractivity contribution >= 4 is 32.6 Å². The Morgan fingerprint density at radius 2 is 2.00 bits per heavy atom. The predicted octanol–water partition coefficient (Wildman–Crippen LogP) is 0.406. The minimum Gasteiger partial charge on any atom is -0.371 e. The van der Waals surface area contributed by atoms with Crippen LogP contribution in [0.5, 0.6) is 0 Å². The molecule has 0 aliphatic heterocycles. The van der Waals surface area contributed by atoms with Gasteiger partial charge < -0.3 is 29.5 Å². The molecule has 0 amide bonds. The van der Waals surface area contributed by atoms with Crippen LogP contribution in [0.2, 0.25) is 0 Å². The summed E-state index contributed by atoms with van der Waals surface area (Å²) in [6.45, 7) is -0.369. The van der Waals surface area contributed by atoms with Gasteiger partial charge in [0.15, 0.2) is 11.5 Å². The third kappa shape index (κ3) is 3.49. The van der Waals surface area contributed by atoms with E-state index >= 15 is 0 Å². The van der Waals surface area contributed by atoms with Crippen molar-refractivity contribution in [1.82, 2.24) is 19.5 Å². The van der Waals surface area contributed by atoms with Crippen LogP contribution in [0.4, 0.5) is 5.82 Å². The van der Waals surface area contributed by atoms with Crippen LogP contribution in [0.25, 0.3) is 11.2 Å². The van der Waals surface area contributed by atoms with E-state index in [9.17, 15) is 18.9 Å². The zero-order valence-electron chi connectivity index (χ0n) is 14.6. The summed E-state index contributed by atoms with van der Waals surface area (Å²) >= 11 is 0. The second-order valence-electron chi connectivity index (χ2n) is 6.99. The van der Waals surface area contributed by atoms with Crippen LogP contribution in [0.1, 0.15) is 18.9 Å². The second-order valence-corrected chi connectivity index (χ2v) is 9.42. The van der Waals surface area contributed by atoms with Crippen LogP contribution in [0, 0.1) is 11.3 Å². The molecular weight excluding hydrogens is 416 g/mol. The molecule has 28 heavy (non-hydrogen) atoms. The van der Waals surface area contributed by atoms with E-state index in [0.717, 1.165) is 0 Å². The summed E-state index contributed by atoms with van der Waals surface area (Å²) in [6.07, 6.45) is 2.66. The van der Waals surface area contributed by atoms with Gasteiger partial charge in [-0.05, 0) is 18.8 Å². The smallest absolute Gasteiger partial charge is 0.371 e. The number of phosphoric acid groups is 2. The fourth-order valence-electron chi connectivity index (χ4n) is 4.22. The zero-order valence-corrected chi connectivity index (χ0v) is 16.4. The molecule has 2 aliphatic rings. The molecule has 0 saturated heterocycles. The Morgan fingerprint density at radius 3 is 2.64 bits per heavy atom. The van der Waals surface area contributed by atoms with Gasteiger partial charge in [0.05, 0.1) is 19.0 Å². The van der Waals surface area contributed by atoms with E-state index in [2.05, 4.69) is 24.8 Å². The first-order valence-electron chi connectivity index (χ1n) is 8.33. The fraction of sp³-hybridized carbons (Fsp3) is 0.615. The summed E-state index contributed by atoms with van der Waals surface area (Å²) in [5.41, 5.74) is 0.183. The number of hydrogen-bond acceptors (Lipinski definition) is 8. The molecule has 0 radical (unpaired) electrons. The molecule has 0 spiro atoms. The fourth-order valence-corrected chi connectivity index (χ4v) is 5.26. The second kappa shape index (κ2) is 6.54. The molecule has 0 aromatic carbocycles. The van der Waals surface area contributed by atoms with Gasteiger partial charge in [-0.1, -0.05) is 0 Å². The summed E-state index contributed by atoms with van der Waals surface area (Å²) in [5.74, 6) is 0.373. The number of rotatable bonds is 7. The number of anilines is 1. The molecule has 2 aromatic heterocycles. The lowest BCUT2D eigenvalue weighted by atomic mass is 10.0. The summed E-state index contributed by atoms with van der Waals surface area (Å²) in [5, 5.41) is 2.92. The van der Waals surface area contributed by atoms with E-state index in [1.807, 2.05) is 0 Å². The van der Waals surface area contributed by atoms with Crippen LogP contribution >= 0.6 is 15.6 Å². The van der Waals surface area contributed by atoms with Crippen molar-refractivity contribution < 1.29 is 37.8 Å². The highest BCUT2D eigenvalue weighted by atomic mass is 31.2. The molecule has 5 N–H and O–H groups in total. The molecule has 2 heterocycles. The number of aromatic nitrogens is 4. The summed E-state index contributed by atoms with van der Waals surface area (Å²) in [7, 11) is -7.85. The van der Waals surface area contributed by atoms with Gasteiger partial charge in [-0.25, -0.2) is 24.1 Å². The molecule has 154 valence electrons. The van der Waals surface area contributed by atoms with E-state index in [1.54, 1.807) is 17.9 Å². The van der Waals surface area contributed by atoms with Crippen molar-refractivity contribution in [3.05, 3.63) is 12.7 Å². The first-order chi connectivity index (χ1) is 13.0. The van der Waals surface area contributed by atoms with Crippen LogP contribution < -0.4 is 5.32 Å². The summed E-state index contributed by atoms with van der Waals surface area (Å²) in [4.78, 5) is 49.3. The average Bonchev–Trinajstić information content (AvgIpc) is 3.05. The van der Waals surface area contributed by atoms with E-state index in [4.69, 9.17) is 14.3 Å². The van der Waals surface area contributed by atoms with Crippen LogP contribution in [-0.4, -0.2) is 58.9 Å². The lowest BCUT2D eigenvalue weighted by Gasteiger charge is -2.24. The highest BCUT2D eigenvalue weighted by molar-refractivity contribution is 7.46. The van der Waals surface area contributed by atoms with E-state index in [-0.39, 0.29) is 25.0 Å². The van der Waals surface area contributed by atoms with Gasteiger partial charge in [0.2, 0.25) is 0 Å². The molecular formula is C13H19N5O8P2. The Labute approximate surface area is 158 Å². The third-order valence-corrected chi connectivity index (χ3v) is 6.45. The minimum atomic E-state index is -4.81. The normalized spacial score (nSPS) is 29.8. The van der Waals surface area contributed by atoms with Gasteiger partial charge in [0.1, 0.15) is 11.8 Å². The minimum absolute atomic E-state index is 0.166. The van der Waals surface area contributed by atoms with Crippen molar-refractivity contribution in [2.45, 2.75) is 25.0 Å². The zero-order chi connectivity index (χ0) is 20.3. The molecule has 2 aromatic rings. The number of phosphoric ester groups is 2. The Kier molecular flexibility index (Phi) is 4.64. The number of fused-ring (bicyclic) bond motifs is 2. The lowest BCUT2D eigenvalue weighted by molar-refractivity contribution is 0.0499. The average molecular weight is 435 g/mol. The predicted molar refractivity (Wildman–Crippen MR) is 94.0 cm³/mol. The third-order valence-electron chi connectivity index (χ3n) is 5.46. The van der Waals surface area contributed by atoms with E-state index in [1.165, 1.54) is 6.33 Å². The first kappa shape index (κ1) is 19.9. The van der Waals surface area contributed by atoms with Gasteiger partial charge in [0, 0.05) is 18.5 Å². The van der Waals surface area contributed by atoms with Gasteiger partial charge >= 0.3 is 15.6 Å². The molecule has 13 nitrogen and oxygen atoms in total. The quantitative estimate of drug-likeness (QED) is 0.377. The number of hydrogen-bond donors (Lipinski definition) is 5. The molecule has 4 rings (SSSR count). The molecule has 4 atom stereocenters. The standard InChI is InChI=1S/C13H19N5O8P2/c1-14-11-10-12(16-5-15-11)18(6-17-10)8-2-9(26-28(22,23)24)13(3-7(8)13)4-25-27(19,20)21/h5-9H,2-4H2,1H3,(H,14,15,16)(H2,19,20,21)(H2,22,23,24)/t7?,8-,9-,13+/m0/s1. The van der Waals surface area contributed by atoms with Gasteiger partial charge in [-0.2, -0.15) is 0 Å². The lowest BCUT2D eigenvalue weighted by Crippen LogP contribution is -2.26. The van der Waals surface area contributed by atoms with Crippen molar-refractivity contribution in [3.8, 4) is 0 Å². The van der Waals surface area contributed by atoms with Crippen LogP contribution in [-0.2, 0) is 18.2 Å². The van der Waals surface area contributed by atoms with Gasteiger partial charge in [-0.15, -0.1) is 0 Å².